The smallest absolute Gasteiger partial charge is 0.214 e. The molecule has 0 unspecified atom stereocenters. The monoisotopic (exact) mass is 294 g/mol. The molecule has 3 aromatic rings. The molecule has 0 bridgehead atoms. The molecule has 0 fully saturated rings. The predicted octanol–water partition coefficient (Wildman–Crippen LogP) is 3.48. The van der Waals surface area contributed by atoms with E-state index in [4.69, 9.17) is 0 Å². The van der Waals surface area contributed by atoms with Crippen LogP contribution < -0.4 is 0 Å². The largest absolute Gasteiger partial charge is 0.494 e. The van der Waals surface area contributed by atoms with Crippen LogP contribution in [0.4, 0.5) is 5.69 Å². The van der Waals surface area contributed by atoms with Crippen LogP contribution in [0.2, 0.25) is 0 Å². The minimum Gasteiger partial charge on any atom is -0.494 e. The number of aromatic nitrogens is 1. The predicted molar refractivity (Wildman–Crippen MR) is 84.2 cm³/mol. The number of fused-ring (bicyclic) bond motifs is 2. The van der Waals surface area contributed by atoms with Crippen molar-refractivity contribution in [3.8, 4) is 5.88 Å². The number of hydrogen-bond acceptors (Lipinski definition) is 4. The van der Waals surface area contributed by atoms with Crippen LogP contribution in [-0.2, 0) is 0 Å². The lowest BCUT2D eigenvalue weighted by Crippen LogP contribution is -2.10. The molecule has 0 saturated heterocycles. The third-order valence-corrected chi connectivity index (χ3v) is 3.87. The summed E-state index contributed by atoms with van der Waals surface area (Å²) in [5, 5.41) is 10.9. The fraction of sp³-hybridized carbons (Fsp3) is 0. The normalized spacial score (nSPS) is 13.6. The lowest BCUT2D eigenvalue weighted by molar-refractivity contribution is 0.107. The molecule has 5 heteroatoms. The van der Waals surface area contributed by atoms with Crippen molar-refractivity contribution in [2.75, 3.05) is 0 Å². The van der Waals surface area contributed by atoms with E-state index in [0.717, 1.165) is 15.8 Å². The lowest BCUT2D eigenvalue weighted by Gasteiger charge is -1.99. The molecule has 1 aromatic heterocycles. The van der Waals surface area contributed by atoms with E-state index < -0.39 is 0 Å². The van der Waals surface area contributed by atoms with Gasteiger partial charge in [0.15, 0.2) is 5.88 Å². The van der Waals surface area contributed by atoms with Crippen LogP contribution in [0.3, 0.4) is 0 Å². The molecule has 102 valence electrons. The van der Waals surface area contributed by atoms with E-state index in [-0.39, 0.29) is 17.4 Å². The molecular formula is C16H10N2O2S. The maximum atomic E-state index is 12.5. The van der Waals surface area contributed by atoms with Crippen molar-refractivity contribution in [1.82, 2.24) is 4.98 Å². The summed E-state index contributed by atoms with van der Waals surface area (Å²) in [5.74, 6) is -0.227. The summed E-state index contributed by atoms with van der Waals surface area (Å²) in [6, 6.07) is 12.6. The average Bonchev–Trinajstić information content (AvgIpc) is 2.96. The third-order valence-electron chi connectivity index (χ3n) is 3.60. The van der Waals surface area contributed by atoms with Crippen molar-refractivity contribution < 1.29 is 9.90 Å². The molecule has 0 radical (unpaired) electrons. The van der Waals surface area contributed by atoms with Crippen molar-refractivity contribution in [2.24, 2.45) is 4.99 Å². The van der Waals surface area contributed by atoms with Gasteiger partial charge in [-0.2, -0.15) is 0 Å². The summed E-state index contributed by atoms with van der Waals surface area (Å²) in [6.45, 7) is 0. The number of para-hydroxylation sites is 1. The highest BCUT2D eigenvalue weighted by Gasteiger charge is 2.29. The maximum Gasteiger partial charge on any atom is 0.214 e. The quantitative estimate of drug-likeness (QED) is 0.602. The van der Waals surface area contributed by atoms with Gasteiger partial charge < -0.3 is 10.1 Å². The Morgan fingerprint density at radius 1 is 1.14 bits per heavy atom. The molecule has 0 atom stereocenters. The van der Waals surface area contributed by atoms with E-state index in [2.05, 4.69) is 22.6 Å². The van der Waals surface area contributed by atoms with Crippen LogP contribution >= 0.6 is 12.6 Å². The first-order chi connectivity index (χ1) is 10.1. The summed E-state index contributed by atoms with van der Waals surface area (Å²) in [4.78, 5) is 20.5. The highest BCUT2D eigenvalue weighted by molar-refractivity contribution is 7.80. The fourth-order valence-corrected chi connectivity index (χ4v) is 2.84. The van der Waals surface area contributed by atoms with Gasteiger partial charge in [-0.25, -0.2) is 4.99 Å². The van der Waals surface area contributed by atoms with Crippen LogP contribution in [0.5, 0.6) is 5.88 Å². The SMILES string of the molecule is O=C1C(c2c(O)[nH]c3ccc(S)cc23)=Nc2ccccc21. The number of nitrogens with zero attached hydrogens (tertiary/aromatic N) is 1. The number of Topliss-reactive ketones (excluding diaryl/α,β-unsaturated/α-hetero) is 1. The van der Waals surface area contributed by atoms with Crippen LogP contribution in [0.25, 0.3) is 10.9 Å². The molecule has 4 nitrogen and oxygen atoms in total. The Kier molecular flexibility index (Phi) is 2.46. The zero-order chi connectivity index (χ0) is 14.6. The number of thiol groups is 1. The second-order valence-corrected chi connectivity index (χ2v) is 5.40. The van der Waals surface area contributed by atoms with E-state index in [1.807, 2.05) is 24.3 Å². The summed E-state index contributed by atoms with van der Waals surface area (Å²) in [5.41, 5.74) is 2.63. The van der Waals surface area contributed by atoms with Crippen molar-refractivity contribution in [1.29, 1.82) is 0 Å². The second-order valence-electron chi connectivity index (χ2n) is 4.89. The highest BCUT2D eigenvalue weighted by Crippen LogP contribution is 2.35. The maximum absolute atomic E-state index is 12.5. The number of aliphatic imine (C=N–C) groups is 1. The van der Waals surface area contributed by atoms with Gasteiger partial charge in [-0.1, -0.05) is 12.1 Å². The molecule has 0 spiro atoms. The number of hydrogen-bond donors (Lipinski definition) is 3. The van der Waals surface area contributed by atoms with Crippen molar-refractivity contribution >= 4 is 40.7 Å². The fourth-order valence-electron chi connectivity index (χ4n) is 2.64. The van der Waals surface area contributed by atoms with Crippen LogP contribution in [0.1, 0.15) is 15.9 Å². The summed E-state index contributed by atoms with van der Waals surface area (Å²) in [6.07, 6.45) is 0. The molecule has 1 aliphatic rings. The summed E-state index contributed by atoms with van der Waals surface area (Å²) < 4.78 is 0. The number of benzene rings is 2. The zero-order valence-electron chi connectivity index (χ0n) is 10.8. The number of nitrogens with one attached hydrogen (secondary N) is 1. The van der Waals surface area contributed by atoms with Crippen LogP contribution in [0.15, 0.2) is 52.4 Å². The number of H-pyrrole nitrogens is 1. The first-order valence-corrected chi connectivity index (χ1v) is 6.86. The van der Waals surface area contributed by atoms with Gasteiger partial charge in [0.05, 0.1) is 11.3 Å². The van der Waals surface area contributed by atoms with Gasteiger partial charge in [0, 0.05) is 21.4 Å². The zero-order valence-corrected chi connectivity index (χ0v) is 11.7. The van der Waals surface area contributed by atoms with Gasteiger partial charge in [-0.05, 0) is 30.3 Å². The summed E-state index contributed by atoms with van der Waals surface area (Å²) >= 11 is 4.31. The standard InChI is InChI=1S/C16H10N2O2S/c19-15-9-3-1-2-4-11(9)17-14(15)13-10-7-8(21)5-6-12(10)18-16(13)20/h1-7,18,20-21H. The van der Waals surface area contributed by atoms with Gasteiger partial charge in [0.1, 0.15) is 5.71 Å². The molecule has 2 heterocycles. The van der Waals surface area contributed by atoms with E-state index >= 15 is 0 Å². The highest BCUT2D eigenvalue weighted by atomic mass is 32.1. The molecule has 2 N–H and O–H groups in total. The Morgan fingerprint density at radius 2 is 1.95 bits per heavy atom. The van der Waals surface area contributed by atoms with Crippen LogP contribution in [0, 0.1) is 0 Å². The van der Waals surface area contributed by atoms with E-state index in [0.29, 0.717) is 16.8 Å². The Labute approximate surface area is 125 Å². The first kappa shape index (κ1) is 12.2. The molecule has 2 aromatic carbocycles. The Balaban J connectivity index is 1.99. The second kappa shape index (κ2) is 4.23. The number of ketones is 1. The first-order valence-electron chi connectivity index (χ1n) is 6.41. The van der Waals surface area contributed by atoms with E-state index in [1.165, 1.54) is 0 Å². The number of rotatable bonds is 1. The van der Waals surface area contributed by atoms with E-state index in [9.17, 15) is 9.90 Å². The van der Waals surface area contributed by atoms with Gasteiger partial charge >= 0.3 is 0 Å². The van der Waals surface area contributed by atoms with Crippen molar-refractivity contribution in [3.63, 3.8) is 0 Å². The third kappa shape index (κ3) is 1.71. The molecule has 0 aliphatic carbocycles. The molecule has 0 saturated carbocycles. The summed E-state index contributed by atoms with van der Waals surface area (Å²) in [7, 11) is 0. The van der Waals surface area contributed by atoms with Crippen molar-refractivity contribution in [2.45, 2.75) is 4.90 Å². The molecule has 21 heavy (non-hydrogen) atoms. The minimum absolute atomic E-state index is 0.0520. The lowest BCUT2D eigenvalue weighted by atomic mass is 10.0. The van der Waals surface area contributed by atoms with Crippen molar-refractivity contribution in [3.05, 3.63) is 53.6 Å². The Bertz CT molecular complexity index is 941. The van der Waals surface area contributed by atoms with Gasteiger partial charge in [-0.3, -0.25) is 4.79 Å². The molecule has 1 aliphatic heterocycles. The van der Waals surface area contributed by atoms with E-state index in [1.54, 1.807) is 18.2 Å². The van der Waals surface area contributed by atoms with Gasteiger partial charge in [0.2, 0.25) is 5.78 Å². The van der Waals surface area contributed by atoms with Gasteiger partial charge in [-0.15, -0.1) is 12.6 Å². The Hall–Kier alpha value is -2.53. The molecular weight excluding hydrogens is 284 g/mol. The number of carbonyl (C=O) groups excluding carboxylic acids is 1. The average molecular weight is 294 g/mol. The minimum atomic E-state index is -0.175. The van der Waals surface area contributed by atoms with Gasteiger partial charge in [0.25, 0.3) is 0 Å². The number of aromatic amines is 1. The Morgan fingerprint density at radius 3 is 2.76 bits per heavy atom. The molecule has 0 amide bonds. The molecule has 4 rings (SSSR count). The number of aromatic hydroxyl groups is 1. The topological polar surface area (TPSA) is 65.4 Å². The van der Waals surface area contributed by atoms with Crippen LogP contribution in [-0.4, -0.2) is 21.6 Å². The number of carbonyl (C=O) groups is 1.